The Morgan fingerprint density at radius 3 is 2.79 bits per heavy atom. The molecule has 0 amide bonds. The van der Waals surface area contributed by atoms with E-state index in [1.54, 1.807) is 25.3 Å². The van der Waals surface area contributed by atoms with Crippen molar-refractivity contribution in [2.45, 2.75) is 12.1 Å². The summed E-state index contributed by atoms with van der Waals surface area (Å²) in [5.41, 5.74) is 3.65. The summed E-state index contributed by atoms with van der Waals surface area (Å²) in [7, 11) is 0. The number of carbonyl (C=O) groups is 1. The fraction of sp³-hybridized carbons (Fsp3) is 0.200. The van der Waals surface area contributed by atoms with Crippen molar-refractivity contribution < 1.29 is 9.53 Å². The lowest BCUT2D eigenvalue weighted by atomic mass is 10.2. The molecule has 0 aliphatic heterocycles. The summed E-state index contributed by atoms with van der Waals surface area (Å²) in [5.74, 6) is 0.203. The Morgan fingerprint density at radius 2 is 2.08 bits per heavy atom. The Labute approximate surface area is 153 Å². The lowest BCUT2D eigenvalue weighted by Gasteiger charge is -2.04. The van der Waals surface area contributed by atoms with E-state index in [2.05, 4.69) is 20.5 Å². The van der Waals surface area contributed by atoms with Gasteiger partial charge in [-0.3, -0.25) is 10.2 Å². The normalized spacial score (nSPS) is 10.8. The molecule has 0 saturated heterocycles. The molecular weight excluding hydrogens is 371 g/mol. The number of anilines is 1. The molecule has 1 heterocycles. The number of hydrogen-bond acceptors (Lipinski definition) is 7. The average molecular weight is 385 g/mol. The number of nitrogens with one attached hydrogen (secondary N) is 1. The maximum absolute atomic E-state index is 11.4. The lowest BCUT2D eigenvalue weighted by molar-refractivity contribution is -0.139. The monoisotopic (exact) mass is 384 g/mol. The molecule has 2 aromatic rings. The van der Waals surface area contributed by atoms with E-state index < -0.39 is 0 Å². The average Bonchev–Trinajstić information content (AvgIpc) is 2.55. The van der Waals surface area contributed by atoms with Crippen LogP contribution in [0.4, 0.5) is 5.82 Å². The molecule has 1 N–H and O–H groups in total. The van der Waals surface area contributed by atoms with E-state index in [9.17, 15) is 4.79 Å². The fourth-order valence-electron chi connectivity index (χ4n) is 1.57. The summed E-state index contributed by atoms with van der Waals surface area (Å²) in [5, 5.41) is 5.35. The first kappa shape index (κ1) is 18.5. The number of carbonyl (C=O) groups excluding carboxylic acids is 1. The highest BCUT2D eigenvalue weighted by atomic mass is 35.5. The van der Waals surface area contributed by atoms with Gasteiger partial charge < -0.3 is 4.74 Å². The maximum atomic E-state index is 11.4. The minimum absolute atomic E-state index is 0.113. The summed E-state index contributed by atoms with van der Waals surface area (Å²) >= 11 is 12.9. The van der Waals surface area contributed by atoms with Gasteiger partial charge >= 0.3 is 5.97 Å². The number of esters is 1. The Balaban J connectivity index is 1.97. The van der Waals surface area contributed by atoms with Crippen molar-refractivity contribution in [2.24, 2.45) is 5.10 Å². The van der Waals surface area contributed by atoms with Gasteiger partial charge in [0, 0.05) is 11.1 Å². The summed E-state index contributed by atoms with van der Waals surface area (Å²) in [6.45, 7) is 2.08. The summed E-state index contributed by atoms with van der Waals surface area (Å²) < 4.78 is 4.85. The molecule has 0 aliphatic carbocycles. The van der Waals surface area contributed by atoms with Crippen LogP contribution >= 0.6 is 35.0 Å². The molecule has 24 heavy (non-hydrogen) atoms. The molecule has 1 aromatic heterocycles. The van der Waals surface area contributed by atoms with Gasteiger partial charge in [0.1, 0.15) is 5.15 Å². The molecule has 6 nitrogen and oxygen atoms in total. The first-order valence-electron chi connectivity index (χ1n) is 6.94. The smallest absolute Gasteiger partial charge is 0.316 e. The number of thioether (sulfide) groups is 1. The Bertz CT molecular complexity index is 726. The minimum Gasteiger partial charge on any atom is -0.465 e. The second-order valence-electron chi connectivity index (χ2n) is 4.37. The molecule has 0 radical (unpaired) electrons. The van der Waals surface area contributed by atoms with E-state index in [1.165, 1.54) is 6.07 Å². The van der Waals surface area contributed by atoms with E-state index >= 15 is 0 Å². The number of aromatic nitrogens is 2. The number of ether oxygens (including phenoxy) is 1. The van der Waals surface area contributed by atoms with Gasteiger partial charge in [-0.25, -0.2) is 9.97 Å². The van der Waals surface area contributed by atoms with Crippen LogP contribution in [0.2, 0.25) is 10.2 Å². The number of rotatable bonds is 7. The van der Waals surface area contributed by atoms with Gasteiger partial charge in [-0.1, -0.05) is 47.1 Å². The Morgan fingerprint density at radius 1 is 1.33 bits per heavy atom. The molecule has 0 unspecified atom stereocenters. The second-order valence-corrected chi connectivity index (χ2v) is 6.14. The highest BCUT2D eigenvalue weighted by molar-refractivity contribution is 7.99. The third-order valence-corrected chi connectivity index (χ3v) is 3.83. The quantitative estimate of drug-likeness (QED) is 0.195. The van der Waals surface area contributed by atoms with Crippen LogP contribution in [-0.4, -0.2) is 34.5 Å². The third kappa shape index (κ3) is 6.35. The molecule has 0 fully saturated rings. The van der Waals surface area contributed by atoms with Crippen molar-refractivity contribution in [1.29, 1.82) is 0 Å². The van der Waals surface area contributed by atoms with Crippen molar-refractivity contribution >= 4 is 53.0 Å². The van der Waals surface area contributed by atoms with Crippen molar-refractivity contribution in [2.75, 3.05) is 17.8 Å². The van der Waals surface area contributed by atoms with Crippen LogP contribution < -0.4 is 5.43 Å². The maximum Gasteiger partial charge on any atom is 0.316 e. The van der Waals surface area contributed by atoms with Crippen LogP contribution in [0.15, 0.2) is 40.6 Å². The van der Waals surface area contributed by atoms with E-state index in [-0.39, 0.29) is 16.9 Å². The predicted molar refractivity (Wildman–Crippen MR) is 97.1 cm³/mol. The summed E-state index contributed by atoms with van der Waals surface area (Å²) in [4.78, 5) is 19.6. The largest absolute Gasteiger partial charge is 0.465 e. The topological polar surface area (TPSA) is 76.5 Å². The zero-order valence-corrected chi connectivity index (χ0v) is 15.0. The fourth-order valence-corrected chi connectivity index (χ4v) is 2.58. The molecule has 0 atom stereocenters. The van der Waals surface area contributed by atoms with Gasteiger partial charge in [-0.2, -0.15) is 5.10 Å². The van der Waals surface area contributed by atoms with E-state index in [0.29, 0.717) is 22.6 Å². The summed E-state index contributed by atoms with van der Waals surface area (Å²) in [6.07, 6.45) is 1.62. The van der Waals surface area contributed by atoms with Crippen LogP contribution in [0.3, 0.4) is 0 Å². The van der Waals surface area contributed by atoms with Gasteiger partial charge in [0.05, 0.1) is 18.6 Å². The molecule has 0 aliphatic rings. The van der Waals surface area contributed by atoms with Crippen LogP contribution in [0, 0.1) is 0 Å². The van der Waals surface area contributed by atoms with Gasteiger partial charge in [0.25, 0.3) is 0 Å². The van der Waals surface area contributed by atoms with Crippen LogP contribution in [0.1, 0.15) is 12.5 Å². The molecule has 2 rings (SSSR count). The van der Waals surface area contributed by atoms with Crippen molar-refractivity contribution in [3.05, 3.63) is 46.1 Å². The molecule has 0 bridgehead atoms. The highest BCUT2D eigenvalue weighted by Crippen LogP contribution is 2.19. The molecule has 126 valence electrons. The molecule has 1 aromatic carbocycles. The van der Waals surface area contributed by atoms with Crippen molar-refractivity contribution in [3.8, 4) is 0 Å². The van der Waals surface area contributed by atoms with Crippen LogP contribution in [-0.2, 0) is 9.53 Å². The van der Waals surface area contributed by atoms with E-state index in [0.717, 1.165) is 17.3 Å². The first-order valence-corrected chi connectivity index (χ1v) is 8.68. The van der Waals surface area contributed by atoms with Crippen LogP contribution in [0.5, 0.6) is 0 Å². The third-order valence-electron chi connectivity index (χ3n) is 2.56. The second kappa shape index (κ2) is 9.46. The van der Waals surface area contributed by atoms with Gasteiger partial charge in [-0.15, -0.1) is 0 Å². The predicted octanol–water partition coefficient (Wildman–Crippen LogP) is 3.88. The van der Waals surface area contributed by atoms with Crippen LogP contribution in [0.25, 0.3) is 0 Å². The van der Waals surface area contributed by atoms with Crippen molar-refractivity contribution in [1.82, 2.24) is 9.97 Å². The number of nitrogens with zero attached hydrogens (tertiary/aromatic N) is 3. The number of hydrazone groups is 1. The van der Waals surface area contributed by atoms with Gasteiger partial charge in [-0.05, 0) is 24.6 Å². The SMILES string of the molecule is CCOC(=O)CSc1nc(Cl)cc(N/N=C/c2ccc(Cl)cc2)n1. The van der Waals surface area contributed by atoms with Gasteiger partial charge in [0.15, 0.2) is 11.0 Å². The van der Waals surface area contributed by atoms with Crippen molar-refractivity contribution in [3.63, 3.8) is 0 Å². The molecular formula is C15H14Cl2N4O2S. The zero-order valence-electron chi connectivity index (χ0n) is 12.7. The number of hydrogen-bond donors (Lipinski definition) is 1. The molecule has 0 saturated carbocycles. The van der Waals surface area contributed by atoms with E-state index in [4.69, 9.17) is 27.9 Å². The number of halogens is 2. The van der Waals surface area contributed by atoms with Gasteiger partial charge in [0.2, 0.25) is 0 Å². The number of benzene rings is 1. The Hall–Kier alpha value is -1.83. The summed E-state index contributed by atoms with van der Waals surface area (Å²) in [6, 6.07) is 8.75. The highest BCUT2D eigenvalue weighted by Gasteiger charge is 2.08. The molecule has 9 heteroatoms. The Kier molecular flexibility index (Phi) is 7.30. The zero-order chi connectivity index (χ0) is 17.4. The standard InChI is InChI=1S/C15H14Cl2N4O2S/c1-2-23-14(22)9-24-15-19-12(17)7-13(20-15)21-18-8-10-3-5-11(16)6-4-10/h3-8H,2,9H2,1H3,(H,19,20,21)/b18-8+. The van der Waals surface area contributed by atoms with E-state index in [1.807, 2.05) is 12.1 Å². The molecule has 0 spiro atoms. The first-order chi connectivity index (χ1) is 11.6. The minimum atomic E-state index is -0.332. The lowest BCUT2D eigenvalue weighted by Crippen LogP contribution is -2.07.